The Hall–Kier alpha value is -2.47. The predicted molar refractivity (Wildman–Crippen MR) is 97.9 cm³/mol. The third kappa shape index (κ3) is 3.09. The third-order valence-corrected chi connectivity index (χ3v) is 5.57. The first-order valence-electron chi connectivity index (χ1n) is 8.43. The molecule has 1 aromatic carbocycles. The Morgan fingerprint density at radius 3 is 2.92 bits per heavy atom. The number of carbonyl (C=O) groups excluding carboxylic acids is 1. The van der Waals surface area contributed by atoms with Gasteiger partial charge in [-0.1, -0.05) is 42.4 Å². The SMILES string of the molecule is Cc1noc(-c2ccccc2)c1C(=O)Nc1nc2c(s1)CC(C)CC2. The van der Waals surface area contributed by atoms with Crippen molar-refractivity contribution in [3.05, 3.63) is 52.2 Å². The Morgan fingerprint density at radius 1 is 1.32 bits per heavy atom. The summed E-state index contributed by atoms with van der Waals surface area (Å²) >= 11 is 1.58. The van der Waals surface area contributed by atoms with E-state index in [1.807, 2.05) is 30.3 Å². The van der Waals surface area contributed by atoms with Crippen LogP contribution in [0, 0.1) is 12.8 Å². The molecule has 1 N–H and O–H groups in total. The van der Waals surface area contributed by atoms with Gasteiger partial charge >= 0.3 is 0 Å². The number of thiazole rings is 1. The summed E-state index contributed by atoms with van der Waals surface area (Å²) in [5.41, 5.74) is 3.00. The van der Waals surface area contributed by atoms with E-state index in [4.69, 9.17) is 4.52 Å². The zero-order valence-electron chi connectivity index (χ0n) is 14.2. The van der Waals surface area contributed by atoms with Crippen molar-refractivity contribution in [2.24, 2.45) is 5.92 Å². The fraction of sp³-hybridized carbons (Fsp3) is 0.316. The molecule has 1 atom stereocenters. The highest BCUT2D eigenvalue weighted by molar-refractivity contribution is 7.15. The Balaban J connectivity index is 1.61. The molecule has 3 aromatic rings. The number of hydrogen-bond donors (Lipinski definition) is 1. The molecule has 0 radical (unpaired) electrons. The molecule has 0 fully saturated rings. The van der Waals surface area contributed by atoms with E-state index in [-0.39, 0.29) is 5.91 Å². The van der Waals surface area contributed by atoms with Gasteiger partial charge in [0.2, 0.25) is 0 Å². The molecule has 1 aliphatic carbocycles. The van der Waals surface area contributed by atoms with E-state index in [0.29, 0.717) is 28.1 Å². The van der Waals surface area contributed by atoms with Crippen LogP contribution in [0.2, 0.25) is 0 Å². The van der Waals surface area contributed by atoms with Crippen LogP contribution < -0.4 is 5.32 Å². The van der Waals surface area contributed by atoms with Crippen LogP contribution in [0.3, 0.4) is 0 Å². The van der Waals surface area contributed by atoms with Crippen LogP contribution in [0.4, 0.5) is 5.13 Å². The Kier molecular flexibility index (Phi) is 4.13. The van der Waals surface area contributed by atoms with Crippen molar-refractivity contribution in [1.29, 1.82) is 0 Å². The highest BCUT2D eigenvalue weighted by Gasteiger charge is 2.24. The molecular weight excluding hydrogens is 334 g/mol. The third-order valence-electron chi connectivity index (χ3n) is 4.53. The molecule has 0 bridgehead atoms. The first-order valence-corrected chi connectivity index (χ1v) is 9.25. The Morgan fingerprint density at radius 2 is 2.12 bits per heavy atom. The molecule has 2 aromatic heterocycles. The Bertz CT molecular complexity index is 914. The lowest BCUT2D eigenvalue weighted by Gasteiger charge is -2.15. The number of aryl methyl sites for hydroxylation is 2. The summed E-state index contributed by atoms with van der Waals surface area (Å²) in [6.45, 7) is 4.03. The first kappa shape index (κ1) is 16.0. The highest BCUT2D eigenvalue weighted by Crippen LogP contribution is 2.33. The summed E-state index contributed by atoms with van der Waals surface area (Å²) < 4.78 is 5.41. The second kappa shape index (κ2) is 6.44. The lowest BCUT2D eigenvalue weighted by atomic mass is 9.93. The summed E-state index contributed by atoms with van der Waals surface area (Å²) in [4.78, 5) is 18.7. The standard InChI is InChI=1S/C19H19N3O2S/c1-11-8-9-14-15(10-11)25-19(20-14)21-18(23)16-12(2)22-24-17(16)13-6-4-3-5-7-13/h3-7,11H,8-10H2,1-2H3,(H,20,21,23). The van der Waals surface area contributed by atoms with E-state index in [9.17, 15) is 4.79 Å². The smallest absolute Gasteiger partial charge is 0.263 e. The number of rotatable bonds is 3. The van der Waals surface area contributed by atoms with Gasteiger partial charge < -0.3 is 4.52 Å². The molecule has 6 heteroatoms. The van der Waals surface area contributed by atoms with Crippen LogP contribution in [0.5, 0.6) is 0 Å². The van der Waals surface area contributed by atoms with Gasteiger partial charge in [-0.3, -0.25) is 10.1 Å². The van der Waals surface area contributed by atoms with Crippen molar-refractivity contribution in [2.45, 2.75) is 33.1 Å². The molecule has 0 saturated carbocycles. The zero-order chi connectivity index (χ0) is 17.4. The van der Waals surface area contributed by atoms with E-state index in [0.717, 1.165) is 30.5 Å². The number of fused-ring (bicyclic) bond motifs is 1. The number of nitrogens with one attached hydrogen (secondary N) is 1. The van der Waals surface area contributed by atoms with Crippen LogP contribution in [-0.4, -0.2) is 16.0 Å². The van der Waals surface area contributed by atoms with Gasteiger partial charge in [-0.2, -0.15) is 0 Å². The topological polar surface area (TPSA) is 68.0 Å². The van der Waals surface area contributed by atoms with E-state index in [2.05, 4.69) is 22.4 Å². The number of hydrogen-bond acceptors (Lipinski definition) is 5. The fourth-order valence-electron chi connectivity index (χ4n) is 3.18. The van der Waals surface area contributed by atoms with Crippen molar-refractivity contribution in [1.82, 2.24) is 10.1 Å². The summed E-state index contributed by atoms with van der Waals surface area (Å²) in [7, 11) is 0. The number of nitrogens with zero attached hydrogens (tertiary/aromatic N) is 2. The molecule has 2 heterocycles. The monoisotopic (exact) mass is 353 g/mol. The van der Waals surface area contributed by atoms with Gasteiger partial charge in [0, 0.05) is 10.4 Å². The van der Waals surface area contributed by atoms with Gasteiger partial charge in [0.15, 0.2) is 10.9 Å². The normalized spacial score (nSPS) is 16.5. The van der Waals surface area contributed by atoms with Gasteiger partial charge in [0.25, 0.3) is 5.91 Å². The molecular formula is C19H19N3O2S. The van der Waals surface area contributed by atoms with E-state index in [1.165, 1.54) is 4.88 Å². The second-order valence-electron chi connectivity index (χ2n) is 6.53. The first-order chi connectivity index (χ1) is 12.1. The van der Waals surface area contributed by atoms with Gasteiger partial charge in [-0.15, -0.1) is 11.3 Å². The maximum Gasteiger partial charge on any atom is 0.263 e. The summed E-state index contributed by atoms with van der Waals surface area (Å²) in [5, 5.41) is 7.57. The Labute approximate surface area is 150 Å². The molecule has 0 spiro atoms. The molecule has 1 amide bonds. The summed E-state index contributed by atoms with van der Waals surface area (Å²) in [6.07, 6.45) is 3.20. The van der Waals surface area contributed by atoms with E-state index >= 15 is 0 Å². The summed E-state index contributed by atoms with van der Waals surface area (Å²) in [5.74, 6) is 0.948. The van der Waals surface area contributed by atoms with E-state index < -0.39 is 0 Å². The fourth-order valence-corrected chi connectivity index (χ4v) is 4.34. The van der Waals surface area contributed by atoms with Gasteiger partial charge in [0.05, 0.1) is 11.4 Å². The molecule has 1 aliphatic rings. The van der Waals surface area contributed by atoms with Crippen molar-refractivity contribution >= 4 is 22.4 Å². The van der Waals surface area contributed by atoms with E-state index in [1.54, 1.807) is 18.3 Å². The maximum atomic E-state index is 12.8. The van der Waals surface area contributed by atoms with Crippen LogP contribution in [-0.2, 0) is 12.8 Å². The van der Waals surface area contributed by atoms with Gasteiger partial charge in [-0.25, -0.2) is 4.98 Å². The number of carbonyl (C=O) groups is 1. The quantitative estimate of drug-likeness (QED) is 0.753. The van der Waals surface area contributed by atoms with Crippen LogP contribution in [0.1, 0.15) is 40.0 Å². The summed E-state index contributed by atoms with van der Waals surface area (Å²) in [6, 6.07) is 9.55. The minimum atomic E-state index is -0.225. The molecule has 1 unspecified atom stereocenters. The number of aromatic nitrogens is 2. The van der Waals surface area contributed by atoms with Crippen molar-refractivity contribution in [3.8, 4) is 11.3 Å². The lowest BCUT2D eigenvalue weighted by molar-refractivity contribution is 0.102. The average Bonchev–Trinajstić information content (AvgIpc) is 3.18. The molecule has 0 aliphatic heterocycles. The van der Waals surface area contributed by atoms with Crippen molar-refractivity contribution < 1.29 is 9.32 Å². The maximum absolute atomic E-state index is 12.8. The van der Waals surface area contributed by atoms with Crippen LogP contribution >= 0.6 is 11.3 Å². The molecule has 0 saturated heterocycles. The number of anilines is 1. The lowest BCUT2D eigenvalue weighted by Crippen LogP contribution is -2.13. The molecule has 128 valence electrons. The molecule has 5 nitrogen and oxygen atoms in total. The number of amides is 1. The minimum Gasteiger partial charge on any atom is -0.355 e. The number of benzene rings is 1. The highest BCUT2D eigenvalue weighted by atomic mass is 32.1. The zero-order valence-corrected chi connectivity index (χ0v) is 15.0. The van der Waals surface area contributed by atoms with Crippen LogP contribution in [0.15, 0.2) is 34.9 Å². The van der Waals surface area contributed by atoms with Gasteiger partial charge in [-0.05, 0) is 32.1 Å². The second-order valence-corrected chi connectivity index (χ2v) is 7.61. The molecule has 25 heavy (non-hydrogen) atoms. The predicted octanol–water partition coefficient (Wildman–Crippen LogP) is 4.48. The molecule has 4 rings (SSSR count). The van der Waals surface area contributed by atoms with Crippen molar-refractivity contribution in [2.75, 3.05) is 5.32 Å². The van der Waals surface area contributed by atoms with Gasteiger partial charge in [0.1, 0.15) is 5.56 Å². The van der Waals surface area contributed by atoms with Crippen LogP contribution in [0.25, 0.3) is 11.3 Å². The largest absolute Gasteiger partial charge is 0.355 e. The minimum absolute atomic E-state index is 0.225. The average molecular weight is 353 g/mol. The van der Waals surface area contributed by atoms with Crippen molar-refractivity contribution in [3.63, 3.8) is 0 Å².